The average Bonchev–Trinajstić information content (AvgIpc) is 2.39. The highest BCUT2D eigenvalue weighted by atomic mass is 16.5. The number of hydrogen-bond acceptors (Lipinski definition) is 3. The van der Waals surface area contributed by atoms with Crippen molar-refractivity contribution in [3.8, 4) is 5.75 Å². The van der Waals surface area contributed by atoms with E-state index >= 15 is 0 Å². The zero-order chi connectivity index (χ0) is 13.6. The van der Waals surface area contributed by atoms with Crippen molar-refractivity contribution in [1.29, 1.82) is 0 Å². The van der Waals surface area contributed by atoms with Crippen LogP contribution in [0.3, 0.4) is 0 Å². The number of nitrogens with two attached hydrogens (primary N) is 1. The predicted molar refractivity (Wildman–Crippen MR) is 72.7 cm³/mol. The zero-order valence-corrected chi connectivity index (χ0v) is 11.3. The van der Waals surface area contributed by atoms with E-state index in [0.717, 1.165) is 17.7 Å². The van der Waals surface area contributed by atoms with Gasteiger partial charge in [0.25, 0.3) is 0 Å². The number of carbonyl (C=O) groups is 1. The van der Waals surface area contributed by atoms with Gasteiger partial charge < -0.3 is 15.8 Å². The number of benzene rings is 1. The fourth-order valence-corrected chi connectivity index (χ4v) is 1.66. The summed E-state index contributed by atoms with van der Waals surface area (Å²) in [5.41, 5.74) is 5.81. The Morgan fingerprint density at radius 1 is 1.33 bits per heavy atom. The van der Waals surface area contributed by atoms with Crippen LogP contribution in [0, 0.1) is 0 Å². The van der Waals surface area contributed by atoms with Crippen molar-refractivity contribution in [2.75, 3.05) is 20.2 Å². The molecular weight excluding hydrogens is 228 g/mol. The molecule has 0 fully saturated rings. The molecule has 18 heavy (non-hydrogen) atoms. The molecule has 0 atom stereocenters. The maximum absolute atomic E-state index is 12.1. The summed E-state index contributed by atoms with van der Waals surface area (Å²) in [6.45, 7) is 5.03. The van der Waals surface area contributed by atoms with Gasteiger partial charge in [-0.3, -0.25) is 4.79 Å². The summed E-state index contributed by atoms with van der Waals surface area (Å²) in [7, 11) is 1.62. The first kappa shape index (κ1) is 14.5. The summed E-state index contributed by atoms with van der Waals surface area (Å²) in [6, 6.07) is 7.57. The highest BCUT2D eigenvalue weighted by Gasteiger charge is 2.29. The van der Waals surface area contributed by atoms with Gasteiger partial charge in [0, 0.05) is 6.54 Å². The summed E-state index contributed by atoms with van der Waals surface area (Å²) in [5.74, 6) is 0.805. The fourth-order valence-electron chi connectivity index (χ4n) is 1.66. The van der Waals surface area contributed by atoms with Crippen LogP contribution in [0.2, 0.25) is 0 Å². The molecular formula is C14H22N2O2. The lowest BCUT2D eigenvalue weighted by Gasteiger charge is -2.24. The highest BCUT2D eigenvalue weighted by Crippen LogP contribution is 2.25. The SMILES string of the molecule is COc1ccc(C(C)(C)C(=O)NCCCN)cc1. The van der Waals surface area contributed by atoms with Crippen LogP contribution in [0.15, 0.2) is 24.3 Å². The lowest BCUT2D eigenvalue weighted by atomic mass is 9.83. The minimum atomic E-state index is -0.555. The maximum Gasteiger partial charge on any atom is 0.230 e. The first-order valence-electron chi connectivity index (χ1n) is 6.15. The summed E-state index contributed by atoms with van der Waals surface area (Å²) in [4.78, 5) is 12.1. The van der Waals surface area contributed by atoms with Crippen molar-refractivity contribution >= 4 is 5.91 Å². The van der Waals surface area contributed by atoms with Crippen LogP contribution in [-0.4, -0.2) is 26.1 Å². The summed E-state index contributed by atoms with van der Waals surface area (Å²) in [6.07, 6.45) is 0.796. The Morgan fingerprint density at radius 2 is 1.94 bits per heavy atom. The monoisotopic (exact) mass is 250 g/mol. The van der Waals surface area contributed by atoms with Crippen LogP contribution in [0.25, 0.3) is 0 Å². The number of amides is 1. The third-order valence-corrected chi connectivity index (χ3v) is 3.05. The minimum absolute atomic E-state index is 0.0149. The molecule has 0 aliphatic rings. The molecule has 100 valence electrons. The average molecular weight is 250 g/mol. The Balaban J connectivity index is 2.74. The van der Waals surface area contributed by atoms with E-state index in [4.69, 9.17) is 10.5 Å². The quantitative estimate of drug-likeness (QED) is 0.751. The fraction of sp³-hybridized carbons (Fsp3) is 0.500. The van der Waals surface area contributed by atoms with Crippen molar-refractivity contribution in [3.05, 3.63) is 29.8 Å². The van der Waals surface area contributed by atoms with Gasteiger partial charge in [-0.2, -0.15) is 0 Å². The van der Waals surface area contributed by atoms with Gasteiger partial charge in [0.1, 0.15) is 5.75 Å². The van der Waals surface area contributed by atoms with E-state index in [-0.39, 0.29) is 5.91 Å². The summed E-state index contributed by atoms with van der Waals surface area (Å²) < 4.78 is 5.11. The van der Waals surface area contributed by atoms with Gasteiger partial charge in [-0.15, -0.1) is 0 Å². The van der Waals surface area contributed by atoms with E-state index in [2.05, 4.69) is 5.32 Å². The molecule has 0 aliphatic carbocycles. The second-order valence-electron chi connectivity index (χ2n) is 4.75. The van der Waals surface area contributed by atoms with E-state index in [1.54, 1.807) is 7.11 Å². The Morgan fingerprint density at radius 3 is 2.44 bits per heavy atom. The van der Waals surface area contributed by atoms with E-state index in [1.165, 1.54) is 0 Å². The van der Waals surface area contributed by atoms with Gasteiger partial charge in [0.2, 0.25) is 5.91 Å². The van der Waals surface area contributed by atoms with Gasteiger partial charge in [-0.05, 0) is 44.5 Å². The number of methoxy groups -OCH3 is 1. The van der Waals surface area contributed by atoms with Crippen molar-refractivity contribution in [2.24, 2.45) is 5.73 Å². The first-order chi connectivity index (χ1) is 8.52. The second kappa shape index (κ2) is 6.40. The van der Waals surface area contributed by atoms with Crippen LogP contribution in [0.4, 0.5) is 0 Å². The van der Waals surface area contributed by atoms with Gasteiger partial charge in [0.15, 0.2) is 0 Å². The number of nitrogens with one attached hydrogen (secondary N) is 1. The standard InChI is InChI=1S/C14H22N2O2/c1-14(2,13(17)16-10-4-9-15)11-5-7-12(18-3)8-6-11/h5-8H,4,9-10,15H2,1-3H3,(H,16,17). The normalized spacial score (nSPS) is 11.1. The second-order valence-corrected chi connectivity index (χ2v) is 4.75. The molecule has 0 aromatic heterocycles. The molecule has 1 amide bonds. The number of ether oxygens (including phenoxy) is 1. The van der Waals surface area contributed by atoms with Crippen LogP contribution in [0.1, 0.15) is 25.8 Å². The summed E-state index contributed by atoms with van der Waals surface area (Å²) >= 11 is 0. The van der Waals surface area contributed by atoms with Crippen LogP contribution < -0.4 is 15.8 Å². The molecule has 0 spiro atoms. The maximum atomic E-state index is 12.1. The molecule has 4 nitrogen and oxygen atoms in total. The lowest BCUT2D eigenvalue weighted by molar-refractivity contribution is -0.125. The number of carbonyl (C=O) groups excluding carboxylic acids is 1. The van der Waals surface area contributed by atoms with Crippen LogP contribution in [-0.2, 0) is 10.2 Å². The molecule has 1 aromatic rings. The highest BCUT2D eigenvalue weighted by molar-refractivity contribution is 5.87. The smallest absolute Gasteiger partial charge is 0.230 e. The summed E-state index contributed by atoms with van der Waals surface area (Å²) in [5, 5.41) is 2.90. The Hall–Kier alpha value is -1.55. The Bertz CT molecular complexity index is 385. The van der Waals surface area contributed by atoms with Crippen molar-refractivity contribution in [1.82, 2.24) is 5.32 Å². The van der Waals surface area contributed by atoms with Crippen molar-refractivity contribution in [3.63, 3.8) is 0 Å². The predicted octanol–water partition coefficient (Wildman–Crippen LogP) is 1.44. The van der Waals surface area contributed by atoms with Crippen molar-refractivity contribution < 1.29 is 9.53 Å². The third kappa shape index (κ3) is 3.47. The van der Waals surface area contributed by atoms with Crippen LogP contribution >= 0.6 is 0 Å². The minimum Gasteiger partial charge on any atom is -0.497 e. The molecule has 0 aliphatic heterocycles. The molecule has 0 heterocycles. The Kier molecular flexibility index (Phi) is 5.16. The first-order valence-corrected chi connectivity index (χ1v) is 6.15. The van der Waals surface area contributed by atoms with E-state index in [9.17, 15) is 4.79 Å². The number of hydrogen-bond donors (Lipinski definition) is 2. The van der Waals surface area contributed by atoms with E-state index in [0.29, 0.717) is 13.1 Å². The largest absolute Gasteiger partial charge is 0.497 e. The third-order valence-electron chi connectivity index (χ3n) is 3.05. The molecule has 0 unspecified atom stereocenters. The number of rotatable bonds is 6. The van der Waals surface area contributed by atoms with Crippen LogP contribution in [0.5, 0.6) is 5.75 Å². The molecule has 0 radical (unpaired) electrons. The van der Waals surface area contributed by atoms with Crippen molar-refractivity contribution in [2.45, 2.75) is 25.7 Å². The van der Waals surface area contributed by atoms with Gasteiger partial charge in [0.05, 0.1) is 12.5 Å². The molecule has 0 bridgehead atoms. The molecule has 1 rings (SSSR count). The molecule has 4 heteroatoms. The zero-order valence-electron chi connectivity index (χ0n) is 11.3. The van der Waals surface area contributed by atoms with E-state index < -0.39 is 5.41 Å². The molecule has 3 N–H and O–H groups in total. The molecule has 0 saturated heterocycles. The topological polar surface area (TPSA) is 64.3 Å². The van der Waals surface area contributed by atoms with Gasteiger partial charge in [-0.25, -0.2) is 0 Å². The lowest BCUT2D eigenvalue weighted by Crippen LogP contribution is -2.40. The molecule has 0 saturated carbocycles. The molecule has 1 aromatic carbocycles. The van der Waals surface area contributed by atoms with E-state index in [1.807, 2.05) is 38.1 Å². The van der Waals surface area contributed by atoms with Gasteiger partial charge in [-0.1, -0.05) is 12.1 Å². The van der Waals surface area contributed by atoms with Gasteiger partial charge >= 0.3 is 0 Å². The Labute approximate surface area is 109 Å².